The molecule has 3 heteroatoms. The Hall–Kier alpha value is -2.29. The highest BCUT2D eigenvalue weighted by molar-refractivity contribution is 5.95. The van der Waals surface area contributed by atoms with Crippen LogP contribution in [0.3, 0.4) is 0 Å². The van der Waals surface area contributed by atoms with E-state index in [1.807, 2.05) is 24.0 Å². The molecule has 2 aromatic carbocycles. The maximum absolute atomic E-state index is 12.6. The standard InChI is InChI=1S/C20H24N2O/c1-15-7-8-18(14-19(15)21)20(23)22-11-9-17(10-12-22)13-16-5-3-2-4-6-16/h2-8,14,17H,9-13,21H2,1H3. The fourth-order valence-electron chi connectivity index (χ4n) is 3.24. The summed E-state index contributed by atoms with van der Waals surface area (Å²) in [6.45, 7) is 3.63. The van der Waals surface area contributed by atoms with Gasteiger partial charge in [-0.15, -0.1) is 0 Å². The Morgan fingerprint density at radius 2 is 1.83 bits per heavy atom. The number of nitrogens with zero attached hydrogens (tertiary/aromatic N) is 1. The van der Waals surface area contributed by atoms with Crippen molar-refractivity contribution in [1.82, 2.24) is 4.90 Å². The van der Waals surface area contributed by atoms with Crippen LogP contribution >= 0.6 is 0 Å². The number of carbonyl (C=O) groups excluding carboxylic acids is 1. The van der Waals surface area contributed by atoms with E-state index in [4.69, 9.17) is 5.73 Å². The van der Waals surface area contributed by atoms with Crippen LogP contribution in [0.5, 0.6) is 0 Å². The number of hydrogen-bond acceptors (Lipinski definition) is 2. The molecule has 0 unspecified atom stereocenters. The molecule has 0 saturated carbocycles. The molecule has 1 fully saturated rings. The normalized spacial score (nSPS) is 15.6. The van der Waals surface area contributed by atoms with Gasteiger partial charge in [0.25, 0.3) is 5.91 Å². The minimum absolute atomic E-state index is 0.106. The lowest BCUT2D eigenvalue weighted by atomic mass is 9.90. The number of nitrogens with two attached hydrogens (primary N) is 1. The van der Waals surface area contributed by atoms with E-state index in [9.17, 15) is 4.79 Å². The van der Waals surface area contributed by atoms with Crippen molar-refractivity contribution in [1.29, 1.82) is 0 Å². The second-order valence-electron chi connectivity index (χ2n) is 6.50. The van der Waals surface area contributed by atoms with Gasteiger partial charge in [-0.1, -0.05) is 36.4 Å². The van der Waals surface area contributed by atoms with Crippen molar-refractivity contribution in [3.05, 3.63) is 65.2 Å². The molecule has 1 saturated heterocycles. The summed E-state index contributed by atoms with van der Waals surface area (Å²) < 4.78 is 0. The first-order chi connectivity index (χ1) is 11.1. The van der Waals surface area contributed by atoms with Crippen molar-refractivity contribution < 1.29 is 4.79 Å². The van der Waals surface area contributed by atoms with E-state index in [0.717, 1.165) is 37.9 Å². The van der Waals surface area contributed by atoms with E-state index in [1.165, 1.54) is 5.56 Å². The highest BCUT2D eigenvalue weighted by atomic mass is 16.2. The Kier molecular flexibility index (Phi) is 4.65. The minimum atomic E-state index is 0.106. The van der Waals surface area contributed by atoms with Crippen LogP contribution in [0.15, 0.2) is 48.5 Å². The molecule has 1 amide bonds. The van der Waals surface area contributed by atoms with Gasteiger partial charge < -0.3 is 10.6 Å². The molecule has 3 rings (SSSR count). The summed E-state index contributed by atoms with van der Waals surface area (Å²) in [5, 5.41) is 0. The molecule has 0 bridgehead atoms. The number of piperidine rings is 1. The lowest BCUT2D eigenvalue weighted by molar-refractivity contribution is 0.0690. The van der Waals surface area contributed by atoms with Crippen LogP contribution in [0.1, 0.15) is 34.3 Å². The number of benzene rings is 2. The van der Waals surface area contributed by atoms with Crippen LogP contribution in [0.4, 0.5) is 5.69 Å². The van der Waals surface area contributed by atoms with E-state index in [1.54, 1.807) is 6.07 Å². The van der Waals surface area contributed by atoms with Gasteiger partial charge in [-0.3, -0.25) is 4.79 Å². The topological polar surface area (TPSA) is 46.3 Å². The average Bonchev–Trinajstić information content (AvgIpc) is 2.58. The molecule has 1 aliphatic rings. The monoisotopic (exact) mass is 308 g/mol. The summed E-state index contributed by atoms with van der Waals surface area (Å²) in [6, 6.07) is 16.2. The van der Waals surface area contributed by atoms with Gasteiger partial charge in [0.1, 0.15) is 0 Å². The Balaban J connectivity index is 1.58. The third kappa shape index (κ3) is 3.73. The smallest absolute Gasteiger partial charge is 0.253 e. The van der Waals surface area contributed by atoms with Crippen LogP contribution in [0.25, 0.3) is 0 Å². The molecule has 2 N–H and O–H groups in total. The quantitative estimate of drug-likeness (QED) is 0.879. The summed E-state index contributed by atoms with van der Waals surface area (Å²) in [4.78, 5) is 14.6. The SMILES string of the molecule is Cc1ccc(C(=O)N2CCC(Cc3ccccc3)CC2)cc1N. The second kappa shape index (κ2) is 6.86. The highest BCUT2D eigenvalue weighted by Crippen LogP contribution is 2.23. The van der Waals surface area contributed by atoms with Gasteiger partial charge in [-0.2, -0.15) is 0 Å². The van der Waals surface area contributed by atoms with E-state index < -0.39 is 0 Å². The molecule has 2 aromatic rings. The predicted molar refractivity (Wildman–Crippen MR) is 94.4 cm³/mol. The van der Waals surface area contributed by atoms with Crippen LogP contribution in [0.2, 0.25) is 0 Å². The molecule has 3 nitrogen and oxygen atoms in total. The summed E-state index contributed by atoms with van der Waals surface area (Å²) >= 11 is 0. The van der Waals surface area contributed by atoms with Crippen LogP contribution in [0, 0.1) is 12.8 Å². The van der Waals surface area contributed by atoms with Gasteiger partial charge in [-0.25, -0.2) is 0 Å². The maximum atomic E-state index is 12.6. The molecule has 0 aliphatic carbocycles. The zero-order valence-electron chi connectivity index (χ0n) is 13.7. The van der Waals surface area contributed by atoms with Gasteiger partial charge in [0.2, 0.25) is 0 Å². The number of carbonyl (C=O) groups is 1. The Bertz CT molecular complexity index is 673. The number of likely N-dealkylation sites (tertiary alicyclic amines) is 1. The molecule has 0 aromatic heterocycles. The molecule has 1 heterocycles. The fourth-order valence-corrected chi connectivity index (χ4v) is 3.24. The molecule has 0 spiro atoms. The van der Waals surface area contributed by atoms with E-state index in [-0.39, 0.29) is 5.91 Å². The Morgan fingerprint density at radius 3 is 2.48 bits per heavy atom. The van der Waals surface area contributed by atoms with Crippen molar-refractivity contribution in [3.63, 3.8) is 0 Å². The summed E-state index contributed by atoms with van der Waals surface area (Å²) in [5.41, 5.74) is 9.73. The number of nitrogen functional groups attached to an aromatic ring is 1. The number of hydrogen-bond donors (Lipinski definition) is 1. The zero-order chi connectivity index (χ0) is 16.2. The highest BCUT2D eigenvalue weighted by Gasteiger charge is 2.23. The average molecular weight is 308 g/mol. The van der Waals surface area contributed by atoms with Crippen molar-refractivity contribution in [3.8, 4) is 0 Å². The lowest BCUT2D eigenvalue weighted by Gasteiger charge is -2.32. The number of rotatable bonds is 3. The molecule has 1 aliphatic heterocycles. The first-order valence-electron chi connectivity index (χ1n) is 8.33. The van der Waals surface area contributed by atoms with Gasteiger partial charge >= 0.3 is 0 Å². The second-order valence-corrected chi connectivity index (χ2v) is 6.50. The van der Waals surface area contributed by atoms with Crippen molar-refractivity contribution in [2.24, 2.45) is 5.92 Å². The van der Waals surface area contributed by atoms with Crippen molar-refractivity contribution in [2.45, 2.75) is 26.2 Å². The van der Waals surface area contributed by atoms with Crippen LogP contribution < -0.4 is 5.73 Å². The third-order valence-corrected chi connectivity index (χ3v) is 4.80. The maximum Gasteiger partial charge on any atom is 0.253 e. The van der Waals surface area contributed by atoms with Crippen LogP contribution in [-0.4, -0.2) is 23.9 Å². The van der Waals surface area contributed by atoms with Gasteiger partial charge in [0, 0.05) is 24.3 Å². The number of amides is 1. The summed E-state index contributed by atoms with van der Waals surface area (Å²) in [7, 11) is 0. The van der Waals surface area contributed by atoms with Crippen LogP contribution in [-0.2, 0) is 6.42 Å². The Labute approximate surface area is 138 Å². The molecule has 120 valence electrons. The first-order valence-corrected chi connectivity index (χ1v) is 8.33. The lowest BCUT2D eigenvalue weighted by Crippen LogP contribution is -2.38. The van der Waals surface area contributed by atoms with Gasteiger partial charge in [0.15, 0.2) is 0 Å². The Morgan fingerprint density at radius 1 is 1.13 bits per heavy atom. The van der Waals surface area contributed by atoms with Gasteiger partial charge in [0.05, 0.1) is 0 Å². The third-order valence-electron chi connectivity index (χ3n) is 4.80. The summed E-state index contributed by atoms with van der Waals surface area (Å²) in [6.07, 6.45) is 3.25. The molecule has 23 heavy (non-hydrogen) atoms. The van der Waals surface area contributed by atoms with E-state index in [0.29, 0.717) is 17.2 Å². The summed E-state index contributed by atoms with van der Waals surface area (Å²) in [5.74, 6) is 0.777. The fraction of sp³-hybridized carbons (Fsp3) is 0.350. The zero-order valence-corrected chi connectivity index (χ0v) is 13.7. The van der Waals surface area contributed by atoms with Crippen molar-refractivity contribution in [2.75, 3.05) is 18.8 Å². The predicted octanol–water partition coefficient (Wildman–Crippen LogP) is 3.67. The first kappa shape index (κ1) is 15.6. The molecule has 0 atom stereocenters. The number of aryl methyl sites for hydroxylation is 1. The van der Waals surface area contributed by atoms with Gasteiger partial charge in [-0.05, 0) is 55.4 Å². The molecular formula is C20H24N2O. The molecular weight excluding hydrogens is 284 g/mol. The number of anilines is 1. The largest absolute Gasteiger partial charge is 0.398 e. The molecule has 0 radical (unpaired) electrons. The minimum Gasteiger partial charge on any atom is -0.398 e. The van der Waals surface area contributed by atoms with E-state index in [2.05, 4.69) is 30.3 Å². The van der Waals surface area contributed by atoms with Crippen molar-refractivity contribution >= 4 is 11.6 Å². The van der Waals surface area contributed by atoms with E-state index >= 15 is 0 Å².